The van der Waals surface area contributed by atoms with E-state index >= 15 is 0 Å². The molecule has 1 N–H and O–H groups in total. The van der Waals surface area contributed by atoms with Crippen LogP contribution in [0.5, 0.6) is 0 Å². The van der Waals surface area contributed by atoms with Gasteiger partial charge in [-0.25, -0.2) is 9.78 Å². The summed E-state index contributed by atoms with van der Waals surface area (Å²) >= 11 is 0. The summed E-state index contributed by atoms with van der Waals surface area (Å²) in [6.45, 7) is 6.75. The summed E-state index contributed by atoms with van der Waals surface area (Å²) in [5.74, 6) is 0. The minimum atomic E-state index is 0.0874. The first-order valence-corrected chi connectivity index (χ1v) is 6.98. The predicted molar refractivity (Wildman–Crippen MR) is 75.9 cm³/mol. The molecule has 0 aliphatic heterocycles. The van der Waals surface area contributed by atoms with Crippen LogP contribution in [0, 0.1) is 0 Å². The molecule has 1 aliphatic carbocycles. The third-order valence-electron chi connectivity index (χ3n) is 3.85. The van der Waals surface area contributed by atoms with E-state index in [1.165, 1.54) is 29.3 Å². The molecule has 1 saturated carbocycles. The molecule has 3 rings (SSSR count). The number of H-pyrrole nitrogens is 1. The molecule has 3 nitrogen and oxygen atoms in total. The smallest absolute Gasteiger partial charge is 0.122 e. The lowest BCUT2D eigenvalue weighted by Crippen LogP contribution is -2.08. The summed E-state index contributed by atoms with van der Waals surface area (Å²) in [7, 11) is 0. The Bertz CT molecular complexity index is 581. The molecule has 0 saturated heterocycles. The molecule has 1 aliphatic rings. The molecule has 0 atom stereocenters. The van der Waals surface area contributed by atoms with Crippen molar-refractivity contribution in [3.05, 3.63) is 35.5 Å². The van der Waals surface area contributed by atoms with Crippen LogP contribution in [0.25, 0.3) is 10.9 Å². The van der Waals surface area contributed by atoms with Crippen LogP contribution in [0.2, 0.25) is 0 Å². The predicted octanol–water partition coefficient (Wildman–Crippen LogP) is 4.08. The van der Waals surface area contributed by atoms with Gasteiger partial charge in [-0.05, 0) is 43.7 Å². The van der Waals surface area contributed by atoms with Crippen LogP contribution in [0.4, 0.5) is 0 Å². The number of aromatic nitrogens is 1. The van der Waals surface area contributed by atoms with E-state index in [0.29, 0.717) is 12.0 Å². The summed E-state index contributed by atoms with van der Waals surface area (Å²) in [5, 5.41) is 1.32. The van der Waals surface area contributed by atoms with Gasteiger partial charge in [0.25, 0.3) is 0 Å². The second-order valence-corrected chi connectivity index (χ2v) is 5.99. The molecule has 0 bridgehead atoms. The lowest BCUT2D eigenvalue weighted by atomic mass is 9.95. The zero-order valence-electron chi connectivity index (χ0n) is 11.8. The van der Waals surface area contributed by atoms with Crippen LogP contribution in [-0.2, 0) is 21.8 Å². The van der Waals surface area contributed by atoms with Crippen LogP contribution in [0.1, 0.15) is 44.9 Å². The quantitative estimate of drug-likeness (QED) is 0.648. The number of nitrogens with one attached hydrogen (secondary N) is 1. The number of benzene rings is 1. The second-order valence-electron chi connectivity index (χ2n) is 5.99. The molecule has 2 aromatic rings. The van der Waals surface area contributed by atoms with Gasteiger partial charge >= 0.3 is 0 Å². The number of fused-ring (bicyclic) bond motifs is 1. The number of hydrogen-bond acceptors (Lipinski definition) is 2. The standard InChI is InChI=1S/C16H21NO2/c1-11(2)19-18-10-14-15(16(3)8-9-16)12-6-4-5-7-13(12)17-14/h4-7,11,17H,8-10H2,1-3H3. The average molecular weight is 259 g/mol. The Labute approximate surface area is 113 Å². The molecule has 19 heavy (non-hydrogen) atoms. The van der Waals surface area contributed by atoms with Gasteiger partial charge in [0.1, 0.15) is 6.61 Å². The summed E-state index contributed by atoms with van der Waals surface area (Å²) in [4.78, 5) is 14.0. The van der Waals surface area contributed by atoms with Gasteiger partial charge < -0.3 is 4.98 Å². The van der Waals surface area contributed by atoms with E-state index in [9.17, 15) is 0 Å². The Morgan fingerprint density at radius 2 is 2.00 bits per heavy atom. The Morgan fingerprint density at radius 3 is 2.68 bits per heavy atom. The maximum atomic E-state index is 5.34. The Kier molecular flexibility index (Phi) is 3.11. The number of para-hydroxylation sites is 1. The van der Waals surface area contributed by atoms with Gasteiger partial charge in [-0.2, -0.15) is 0 Å². The molecule has 0 spiro atoms. The van der Waals surface area contributed by atoms with Crippen molar-refractivity contribution in [2.24, 2.45) is 0 Å². The summed E-state index contributed by atoms with van der Waals surface area (Å²) in [6.07, 6.45) is 2.60. The molecule has 1 fully saturated rings. The molecule has 1 aromatic heterocycles. The largest absolute Gasteiger partial charge is 0.356 e. The Balaban J connectivity index is 1.94. The van der Waals surface area contributed by atoms with Crippen molar-refractivity contribution in [3.8, 4) is 0 Å². The minimum Gasteiger partial charge on any atom is -0.356 e. The van der Waals surface area contributed by atoms with E-state index in [1.807, 2.05) is 13.8 Å². The highest BCUT2D eigenvalue weighted by atomic mass is 17.2. The van der Waals surface area contributed by atoms with Crippen molar-refractivity contribution < 1.29 is 9.78 Å². The molecule has 0 unspecified atom stereocenters. The van der Waals surface area contributed by atoms with E-state index < -0.39 is 0 Å². The summed E-state index contributed by atoms with van der Waals surface area (Å²) in [5.41, 5.74) is 4.07. The average Bonchev–Trinajstić information content (AvgIpc) is 2.99. The topological polar surface area (TPSA) is 34.2 Å². The van der Waals surface area contributed by atoms with Gasteiger partial charge in [0.15, 0.2) is 0 Å². The molecular formula is C16H21NO2. The highest BCUT2D eigenvalue weighted by molar-refractivity contribution is 5.86. The third kappa shape index (κ3) is 2.40. The molecule has 0 amide bonds. The lowest BCUT2D eigenvalue weighted by Gasteiger charge is -2.12. The molecule has 1 heterocycles. The van der Waals surface area contributed by atoms with Gasteiger partial charge in [0.2, 0.25) is 0 Å². The van der Waals surface area contributed by atoms with Crippen molar-refractivity contribution in [1.82, 2.24) is 4.98 Å². The molecular weight excluding hydrogens is 238 g/mol. The number of rotatable bonds is 5. The SMILES string of the molecule is CC(C)OOCc1[nH]c2ccccc2c1C1(C)CC1. The van der Waals surface area contributed by atoms with Crippen molar-refractivity contribution in [3.63, 3.8) is 0 Å². The number of hydrogen-bond donors (Lipinski definition) is 1. The van der Waals surface area contributed by atoms with Crippen LogP contribution in [0.15, 0.2) is 24.3 Å². The Morgan fingerprint density at radius 1 is 1.26 bits per heavy atom. The second kappa shape index (κ2) is 4.66. The fourth-order valence-electron chi connectivity index (χ4n) is 2.66. The third-order valence-corrected chi connectivity index (χ3v) is 3.85. The van der Waals surface area contributed by atoms with E-state index in [1.54, 1.807) is 0 Å². The molecule has 3 heteroatoms. The van der Waals surface area contributed by atoms with Crippen LogP contribution in [0.3, 0.4) is 0 Å². The van der Waals surface area contributed by atoms with Gasteiger partial charge in [0.05, 0.1) is 6.10 Å². The summed E-state index contributed by atoms with van der Waals surface area (Å²) < 4.78 is 0. The highest BCUT2D eigenvalue weighted by Gasteiger charge is 2.42. The lowest BCUT2D eigenvalue weighted by molar-refractivity contribution is -0.326. The maximum absolute atomic E-state index is 5.34. The van der Waals surface area contributed by atoms with Gasteiger partial charge in [0, 0.05) is 16.6 Å². The molecule has 102 valence electrons. The normalized spacial score (nSPS) is 17.3. The zero-order chi connectivity index (χ0) is 13.5. The van der Waals surface area contributed by atoms with Crippen LogP contribution >= 0.6 is 0 Å². The first kappa shape index (κ1) is 12.7. The zero-order valence-corrected chi connectivity index (χ0v) is 11.8. The highest BCUT2D eigenvalue weighted by Crippen LogP contribution is 2.51. The fourth-order valence-corrected chi connectivity index (χ4v) is 2.66. The van der Waals surface area contributed by atoms with Gasteiger partial charge in [-0.15, -0.1) is 0 Å². The van der Waals surface area contributed by atoms with Crippen molar-refractivity contribution in [2.75, 3.05) is 0 Å². The fraction of sp³-hybridized carbons (Fsp3) is 0.500. The van der Waals surface area contributed by atoms with Gasteiger partial charge in [-0.1, -0.05) is 25.1 Å². The van der Waals surface area contributed by atoms with Crippen molar-refractivity contribution >= 4 is 10.9 Å². The number of aromatic amines is 1. The Hall–Kier alpha value is -1.32. The van der Waals surface area contributed by atoms with Crippen LogP contribution < -0.4 is 0 Å². The van der Waals surface area contributed by atoms with E-state index in [0.717, 1.165) is 5.69 Å². The monoisotopic (exact) mass is 259 g/mol. The van der Waals surface area contributed by atoms with E-state index in [-0.39, 0.29) is 6.10 Å². The van der Waals surface area contributed by atoms with Gasteiger partial charge in [-0.3, -0.25) is 0 Å². The van der Waals surface area contributed by atoms with Crippen LogP contribution in [-0.4, -0.2) is 11.1 Å². The minimum absolute atomic E-state index is 0.0874. The van der Waals surface area contributed by atoms with E-state index in [4.69, 9.17) is 9.78 Å². The first-order chi connectivity index (χ1) is 9.10. The molecule has 1 aromatic carbocycles. The van der Waals surface area contributed by atoms with Crippen molar-refractivity contribution in [2.45, 2.75) is 51.7 Å². The first-order valence-electron chi connectivity index (χ1n) is 6.98. The molecule has 0 radical (unpaired) electrons. The van der Waals surface area contributed by atoms with E-state index in [2.05, 4.69) is 36.2 Å². The maximum Gasteiger partial charge on any atom is 0.122 e. The summed E-state index contributed by atoms with van der Waals surface area (Å²) in [6, 6.07) is 8.47. The van der Waals surface area contributed by atoms with Crippen molar-refractivity contribution in [1.29, 1.82) is 0 Å².